The van der Waals surface area contributed by atoms with E-state index in [0.29, 0.717) is 6.54 Å². The Balaban J connectivity index is 3.76. The number of hydrogen-bond acceptors (Lipinski definition) is 4. The van der Waals surface area contributed by atoms with Gasteiger partial charge in [-0.25, -0.2) is 8.42 Å². The van der Waals surface area contributed by atoms with Crippen LogP contribution in [-0.4, -0.2) is 44.2 Å². The molecule has 4 nitrogen and oxygen atoms in total. The molecule has 0 saturated heterocycles. The van der Waals surface area contributed by atoms with Gasteiger partial charge in [0.25, 0.3) is 0 Å². The maximum absolute atomic E-state index is 11.1. The van der Waals surface area contributed by atoms with Crippen molar-refractivity contribution < 1.29 is 13.5 Å². The first-order chi connectivity index (χ1) is 5.52. The molecule has 0 aromatic rings. The summed E-state index contributed by atoms with van der Waals surface area (Å²) in [6.45, 7) is 3.91. The maximum atomic E-state index is 11.1. The molecule has 5 heteroatoms. The fraction of sp³-hybridized carbons (Fsp3) is 1.00. The number of hydrogen-bond donors (Lipinski definition) is 2. The first kappa shape index (κ1) is 11.9. The monoisotopic (exact) mass is 195 g/mol. The Labute approximate surface area is 73.9 Å². The Bertz CT molecular complexity index is 201. The lowest BCUT2D eigenvalue weighted by atomic mass is 10.4. The minimum Gasteiger partial charge on any atom is -0.395 e. The molecule has 74 valence electrons. The summed E-state index contributed by atoms with van der Waals surface area (Å²) in [6, 6.07) is -0.0814. The molecule has 0 fully saturated rings. The summed E-state index contributed by atoms with van der Waals surface area (Å²) in [6.07, 6.45) is 0. The third kappa shape index (κ3) is 5.51. The first-order valence-corrected chi connectivity index (χ1v) is 5.88. The maximum Gasteiger partial charge on any atom is 0.151 e. The molecule has 0 heterocycles. The van der Waals surface area contributed by atoms with E-state index < -0.39 is 9.84 Å². The SMILES string of the molecule is CCS(=O)(=O)CC(C)NCCO. The van der Waals surface area contributed by atoms with Crippen molar-refractivity contribution in [2.45, 2.75) is 19.9 Å². The zero-order chi connectivity index (χ0) is 9.61. The molecule has 0 aliphatic carbocycles. The van der Waals surface area contributed by atoms with Crippen LogP contribution in [0.3, 0.4) is 0 Å². The van der Waals surface area contributed by atoms with E-state index in [0.717, 1.165) is 0 Å². The van der Waals surface area contributed by atoms with Gasteiger partial charge in [0, 0.05) is 18.3 Å². The van der Waals surface area contributed by atoms with E-state index in [1.807, 2.05) is 0 Å². The summed E-state index contributed by atoms with van der Waals surface area (Å²) in [4.78, 5) is 0. The topological polar surface area (TPSA) is 66.4 Å². The number of aliphatic hydroxyl groups excluding tert-OH is 1. The fourth-order valence-electron chi connectivity index (χ4n) is 0.869. The third-order valence-electron chi connectivity index (χ3n) is 1.55. The van der Waals surface area contributed by atoms with Crippen molar-refractivity contribution in [3.63, 3.8) is 0 Å². The summed E-state index contributed by atoms with van der Waals surface area (Å²) in [5.41, 5.74) is 0. The zero-order valence-electron chi connectivity index (χ0n) is 7.58. The summed E-state index contributed by atoms with van der Waals surface area (Å²) >= 11 is 0. The normalized spacial score (nSPS) is 14.6. The Morgan fingerprint density at radius 2 is 2.08 bits per heavy atom. The summed E-state index contributed by atoms with van der Waals surface area (Å²) in [5, 5.41) is 11.4. The number of nitrogens with one attached hydrogen (secondary N) is 1. The highest BCUT2D eigenvalue weighted by molar-refractivity contribution is 7.91. The number of sulfone groups is 1. The smallest absolute Gasteiger partial charge is 0.151 e. The van der Waals surface area contributed by atoms with Crippen molar-refractivity contribution in [3.8, 4) is 0 Å². The van der Waals surface area contributed by atoms with Crippen molar-refractivity contribution in [1.82, 2.24) is 5.32 Å². The molecule has 0 spiro atoms. The predicted molar refractivity (Wildman–Crippen MR) is 48.9 cm³/mol. The molecule has 0 amide bonds. The molecule has 0 aromatic carbocycles. The van der Waals surface area contributed by atoms with Gasteiger partial charge < -0.3 is 10.4 Å². The number of rotatable bonds is 6. The van der Waals surface area contributed by atoms with Crippen LogP contribution in [0.5, 0.6) is 0 Å². The average molecular weight is 195 g/mol. The highest BCUT2D eigenvalue weighted by Gasteiger charge is 2.12. The average Bonchev–Trinajstić information content (AvgIpc) is 2.00. The van der Waals surface area contributed by atoms with Crippen LogP contribution in [0.4, 0.5) is 0 Å². The Morgan fingerprint density at radius 1 is 1.50 bits per heavy atom. The van der Waals surface area contributed by atoms with Crippen molar-refractivity contribution in [1.29, 1.82) is 0 Å². The highest BCUT2D eigenvalue weighted by Crippen LogP contribution is 1.93. The van der Waals surface area contributed by atoms with Crippen molar-refractivity contribution in [2.24, 2.45) is 0 Å². The molecule has 0 bridgehead atoms. The van der Waals surface area contributed by atoms with E-state index in [1.165, 1.54) is 0 Å². The summed E-state index contributed by atoms with van der Waals surface area (Å²) < 4.78 is 22.1. The minimum absolute atomic E-state index is 0.0382. The van der Waals surface area contributed by atoms with Gasteiger partial charge in [-0.05, 0) is 6.92 Å². The zero-order valence-corrected chi connectivity index (χ0v) is 8.39. The highest BCUT2D eigenvalue weighted by atomic mass is 32.2. The molecule has 0 radical (unpaired) electrons. The Kier molecular flexibility index (Phi) is 5.44. The van der Waals surface area contributed by atoms with Crippen LogP contribution < -0.4 is 5.32 Å². The van der Waals surface area contributed by atoms with Crippen LogP contribution in [0.2, 0.25) is 0 Å². The quantitative estimate of drug-likeness (QED) is 0.593. The van der Waals surface area contributed by atoms with Gasteiger partial charge in [0.1, 0.15) is 0 Å². The fourth-order valence-corrected chi connectivity index (χ4v) is 1.98. The van der Waals surface area contributed by atoms with Gasteiger partial charge >= 0.3 is 0 Å². The molecule has 0 saturated carbocycles. The number of aliphatic hydroxyl groups is 1. The van der Waals surface area contributed by atoms with Crippen LogP contribution >= 0.6 is 0 Å². The van der Waals surface area contributed by atoms with E-state index >= 15 is 0 Å². The van der Waals surface area contributed by atoms with E-state index in [4.69, 9.17) is 5.11 Å². The second-order valence-corrected chi connectivity index (χ2v) is 5.18. The van der Waals surface area contributed by atoms with Crippen LogP contribution in [0.25, 0.3) is 0 Å². The predicted octanol–water partition coefficient (Wildman–Crippen LogP) is -0.608. The van der Waals surface area contributed by atoms with Crippen molar-refractivity contribution >= 4 is 9.84 Å². The van der Waals surface area contributed by atoms with Gasteiger partial charge in [-0.1, -0.05) is 6.92 Å². The van der Waals surface area contributed by atoms with Crippen LogP contribution in [0, 0.1) is 0 Å². The van der Waals surface area contributed by atoms with Gasteiger partial charge in [0.05, 0.1) is 12.4 Å². The van der Waals surface area contributed by atoms with Gasteiger partial charge in [0.15, 0.2) is 9.84 Å². The summed E-state index contributed by atoms with van der Waals surface area (Å²) in [5.74, 6) is 0.321. The van der Waals surface area contributed by atoms with Crippen molar-refractivity contribution in [2.75, 3.05) is 24.7 Å². The second kappa shape index (κ2) is 5.50. The van der Waals surface area contributed by atoms with Gasteiger partial charge in [0.2, 0.25) is 0 Å². The molecule has 1 unspecified atom stereocenters. The second-order valence-electron chi connectivity index (χ2n) is 2.78. The van der Waals surface area contributed by atoms with Crippen LogP contribution in [0.1, 0.15) is 13.8 Å². The molecule has 1 atom stereocenters. The van der Waals surface area contributed by atoms with Crippen LogP contribution in [0.15, 0.2) is 0 Å². The van der Waals surface area contributed by atoms with Gasteiger partial charge in [-0.3, -0.25) is 0 Å². The summed E-state index contributed by atoms with van der Waals surface area (Å²) in [7, 11) is -2.89. The molecule has 0 aliphatic rings. The van der Waals surface area contributed by atoms with Crippen LogP contribution in [-0.2, 0) is 9.84 Å². The Morgan fingerprint density at radius 3 is 2.50 bits per heavy atom. The lowest BCUT2D eigenvalue weighted by Crippen LogP contribution is -2.35. The van der Waals surface area contributed by atoms with E-state index in [2.05, 4.69) is 5.32 Å². The van der Waals surface area contributed by atoms with Crippen molar-refractivity contribution in [3.05, 3.63) is 0 Å². The molecule has 0 aromatic heterocycles. The molecule has 2 N–H and O–H groups in total. The Hall–Kier alpha value is -0.130. The standard InChI is InChI=1S/C7H17NO3S/c1-3-12(10,11)6-7(2)8-4-5-9/h7-9H,3-6H2,1-2H3. The molecule has 12 heavy (non-hydrogen) atoms. The minimum atomic E-state index is -2.89. The van der Waals surface area contributed by atoms with E-state index in [1.54, 1.807) is 13.8 Å². The lowest BCUT2D eigenvalue weighted by Gasteiger charge is -2.11. The molecule has 0 rings (SSSR count). The van der Waals surface area contributed by atoms with Gasteiger partial charge in [-0.15, -0.1) is 0 Å². The third-order valence-corrected chi connectivity index (χ3v) is 3.44. The van der Waals surface area contributed by atoms with Gasteiger partial charge in [-0.2, -0.15) is 0 Å². The molecular weight excluding hydrogens is 178 g/mol. The lowest BCUT2D eigenvalue weighted by molar-refractivity contribution is 0.287. The van der Waals surface area contributed by atoms with E-state index in [-0.39, 0.29) is 24.2 Å². The largest absolute Gasteiger partial charge is 0.395 e. The molecule has 0 aliphatic heterocycles. The molecular formula is C7H17NO3S. The van der Waals surface area contributed by atoms with E-state index in [9.17, 15) is 8.42 Å². The first-order valence-electron chi connectivity index (χ1n) is 4.06.